The number of anilines is 1. The number of para-hydroxylation sites is 1. The van der Waals surface area contributed by atoms with Crippen molar-refractivity contribution in [1.29, 1.82) is 0 Å². The minimum absolute atomic E-state index is 0.0699. The normalized spacial score (nSPS) is 25.4. The number of rotatable bonds is 1. The number of fused-ring (bicyclic) bond motifs is 1. The molecule has 1 saturated heterocycles. The lowest BCUT2D eigenvalue weighted by Crippen LogP contribution is -2.63. The first-order chi connectivity index (χ1) is 10.8. The summed E-state index contributed by atoms with van der Waals surface area (Å²) < 4.78 is 0. The second kappa shape index (κ2) is 5.58. The SMILES string of the molecule is O=C1NC2(CCN(C3CCCCC3)CC2)Nc2ccccc21. The van der Waals surface area contributed by atoms with Crippen LogP contribution in [-0.2, 0) is 0 Å². The molecule has 4 nitrogen and oxygen atoms in total. The van der Waals surface area contributed by atoms with Crippen LogP contribution in [0.2, 0.25) is 0 Å². The first-order valence-electron chi connectivity index (χ1n) is 8.70. The number of nitrogens with one attached hydrogen (secondary N) is 2. The van der Waals surface area contributed by atoms with Crippen molar-refractivity contribution in [3.63, 3.8) is 0 Å². The maximum absolute atomic E-state index is 12.4. The standard InChI is InChI=1S/C18H25N3O/c22-17-15-8-4-5-9-16(15)19-18(20-17)10-12-21(13-11-18)14-6-2-1-3-7-14/h4-5,8-9,14,19H,1-3,6-7,10-13H2,(H,20,22). The Morgan fingerprint density at radius 2 is 1.73 bits per heavy atom. The Hall–Kier alpha value is -1.55. The number of carbonyl (C=O) groups excluding carboxylic acids is 1. The first kappa shape index (κ1) is 14.1. The molecule has 0 atom stereocenters. The zero-order valence-electron chi connectivity index (χ0n) is 13.1. The molecule has 2 aliphatic heterocycles. The van der Waals surface area contributed by atoms with E-state index in [1.807, 2.05) is 24.3 Å². The van der Waals surface area contributed by atoms with Gasteiger partial charge in [-0.05, 0) is 25.0 Å². The van der Waals surface area contributed by atoms with E-state index in [-0.39, 0.29) is 11.6 Å². The number of hydrogen-bond donors (Lipinski definition) is 2. The van der Waals surface area contributed by atoms with Crippen LogP contribution in [0.5, 0.6) is 0 Å². The molecule has 0 radical (unpaired) electrons. The molecule has 3 aliphatic rings. The summed E-state index contributed by atoms with van der Waals surface area (Å²) in [6, 6.07) is 8.60. The molecule has 2 heterocycles. The first-order valence-corrected chi connectivity index (χ1v) is 8.70. The van der Waals surface area contributed by atoms with Crippen LogP contribution in [0.25, 0.3) is 0 Å². The third kappa shape index (κ3) is 2.50. The average molecular weight is 299 g/mol. The Bertz CT molecular complexity index is 557. The third-order valence-corrected chi connectivity index (χ3v) is 5.64. The van der Waals surface area contributed by atoms with Crippen LogP contribution in [-0.4, -0.2) is 35.6 Å². The van der Waals surface area contributed by atoms with Crippen molar-refractivity contribution in [1.82, 2.24) is 10.2 Å². The summed E-state index contributed by atoms with van der Waals surface area (Å²) >= 11 is 0. The maximum Gasteiger partial charge on any atom is 0.255 e. The highest BCUT2D eigenvalue weighted by molar-refractivity contribution is 6.02. The fourth-order valence-corrected chi connectivity index (χ4v) is 4.33. The van der Waals surface area contributed by atoms with E-state index in [9.17, 15) is 4.79 Å². The number of hydrogen-bond acceptors (Lipinski definition) is 3. The van der Waals surface area contributed by atoms with E-state index >= 15 is 0 Å². The molecular formula is C18H25N3O. The summed E-state index contributed by atoms with van der Waals surface area (Å²) in [5.74, 6) is 0.0699. The Morgan fingerprint density at radius 3 is 2.50 bits per heavy atom. The lowest BCUT2D eigenvalue weighted by Gasteiger charge is -2.48. The molecule has 0 bridgehead atoms. The molecule has 118 valence electrons. The molecule has 0 unspecified atom stereocenters. The van der Waals surface area contributed by atoms with Gasteiger partial charge in [-0.15, -0.1) is 0 Å². The molecule has 2 N–H and O–H groups in total. The van der Waals surface area contributed by atoms with Crippen molar-refractivity contribution in [2.24, 2.45) is 0 Å². The minimum Gasteiger partial charge on any atom is -0.362 e. The zero-order chi connectivity index (χ0) is 15.0. The van der Waals surface area contributed by atoms with Gasteiger partial charge in [0, 0.05) is 37.7 Å². The van der Waals surface area contributed by atoms with E-state index < -0.39 is 0 Å². The number of carbonyl (C=O) groups is 1. The molecule has 1 amide bonds. The Labute approximate surface area is 132 Å². The molecule has 22 heavy (non-hydrogen) atoms. The summed E-state index contributed by atoms with van der Waals surface area (Å²) in [5, 5.41) is 6.84. The predicted molar refractivity (Wildman–Crippen MR) is 87.9 cm³/mol. The summed E-state index contributed by atoms with van der Waals surface area (Å²) in [5.41, 5.74) is 1.51. The molecule has 4 heteroatoms. The zero-order valence-corrected chi connectivity index (χ0v) is 13.1. The molecule has 1 aromatic rings. The van der Waals surface area contributed by atoms with Gasteiger partial charge in [0.05, 0.1) is 5.56 Å². The Balaban J connectivity index is 1.46. The van der Waals surface area contributed by atoms with Crippen molar-refractivity contribution in [2.75, 3.05) is 18.4 Å². The Morgan fingerprint density at radius 1 is 1.00 bits per heavy atom. The number of amides is 1. The largest absolute Gasteiger partial charge is 0.362 e. The quantitative estimate of drug-likeness (QED) is 0.838. The summed E-state index contributed by atoms with van der Waals surface area (Å²) in [6.07, 6.45) is 8.87. The summed E-state index contributed by atoms with van der Waals surface area (Å²) in [4.78, 5) is 15.0. The fourth-order valence-electron chi connectivity index (χ4n) is 4.33. The molecule has 0 aromatic heterocycles. The second-order valence-electron chi connectivity index (χ2n) is 7.03. The van der Waals surface area contributed by atoms with Crippen LogP contribution in [0, 0.1) is 0 Å². The van der Waals surface area contributed by atoms with Gasteiger partial charge >= 0.3 is 0 Å². The van der Waals surface area contributed by atoms with Gasteiger partial charge in [0.15, 0.2) is 0 Å². The van der Waals surface area contributed by atoms with Crippen LogP contribution in [0.4, 0.5) is 5.69 Å². The second-order valence-corrected chi connectivity index (χ2v) is 7.03. The van der Waals surface area contributed by atoms with Crippen LogP contribution in [0.1, 0.15) is 55.3 Å². The smallest absolute Gasteiger partial charge is 0.255 e. The lowest BCUT2D eigenvalue weighted by atomic mass is 9.88. The topological polar surface area (TPSA) is 44.4 Å². The van der Waals surface area contributed by atoms with Crippen molar-refractivity contribution < 1.29 is 4.79 Å². The van der Waals surface area contributed by atoms with Crippen LogP contribution >= 0.6 is 0 Å². The lowest BCUT2D eigenvalue weighted by molar-refractivity contribution is 0.0713. The molecule has 4 rings (SSSR count). The highest BCUT2D eigenvalue weighted by Gasteiger charge is 2.41. The number of nitrogens with zero attached hydrogens (tertiary/aromatic N) is 1. The number of likely N-dealkylation sites (tertiary alicyclic amines) is 1. The van der Waals surface area contributed by atoms with E-state index in [2.05, 4.69) is 15.5 Å². The maximum atomic E-state index is 12.4. The van der Waals surface area contributed by atoms with Gasteiger partial charge < -0.3 is 15.5 Å². The van der Waals surface area contributed by atoms with E-state index in [0.717, 1.165) is 43.2 Å². The molecule has 1 spiro atoms. The highest BCUT2D eigenvalue weighted by atomic mass is 16.2. The van der Waals surface area contributed by atoms with Gasteiger partial charge in [-0.2, -0.15) is 0 Å². The van der Waals surface area contributed by atoms with Crippen LogP contribution in [0.15, 0.2) is 24.3 Å². The van der Waals surface area contributed by atoms with E-state index in [0.29, 0.717) is 0 Å². The fraction of sp³-hybridized carbons (Fsp3) is 0.611. The van der Waals surface area contributed by atoms with Gasteiger partial charge in [-0.1, -0.05) is 31.4 Å². The van der Waals surface area contributed by atoms with E-state index in [4.69, 9.17) is 0 Å². The van der Waals surface area contributed by atoms with E-state index in [1.54, 1.807) is 0 Å². The predicted octanol–water partition coefficient (Wildman–Crippen LogP) is 2.97. The van der Waals surface area contributed by atoms with Gasteiger partial charge in [-0.25, -0.2) is 0 Å². The molecule has 2 fully saturated rings. The summed E-state index contributed by atoms with van der Waals surface area (Å²) in [7, 11) is 0. The summed E-state index contributed by atoms with van der Waals surface area (Å²) in [6.45, 7) is 2.17. The molecule has 1 aromatic carbocycles. The highest BCUT2D eigenvalue weighted by Crippen LogP contribution is 2.33. The molecular weight excluding hydrogens is 274 g/mol. The van der Waals surface area contributed by atoms with Crippen molar-refractivity contribution in [3.8, 4) is 0 Å². The van der Waals surface area contributed by atoms with Gasteiger partial charge in [0.2, 0.25) is 0 Å². The van der Waals surface area contributed by atoms with Crippen molar-refractivity contribution >= 4 is 11.6 Å². The van der Waals surface area contributed by atoms with Crippen LogP contribution in [0.3, 0.4) is 0 Å². The minimum atomic E-state index is -0.239. The Kier molecular flexibility index (Phi) is 3.57. The third-order valence-electron chi connectivity index (χ3n) is 5.64. The van der Waals surface area contributed by atoms with Crippen LogP contribution < -0.4 is 10.6 Å². The number of benzene rings is 1. The van der Waals surface area contributed by atoms with Gasteiger partial charge in [0.25, 0.3) is 5.91 Å². The van der Waals surface area contributed by atoms with Crippen molar-refractivity contribution in [2.45, 2.75) is 56.7 Å². The van der Waals surface area contributed by atoms with Gasteiger partial charge in [-0.3, -0.25) is 4.79 Å². The molecule has 1 saturated carbocycles. The average Bonchev–Trinajstić information content (AvgIpc) is 2.56. The van der Waals surface area contributed by atoms with Crippen molar-refractivity contribution in [3.05, 3.63) is 29.8 Å². The van der Waals surface area contributed by atoms with Gasteiger partial charge in [0.1, 0.15) is 5.66 Å². The monoisotopic (exact) mass is 299 g/mol. The molecule has 1 aliphatic carbocycles. The van der Waals surface area contributed by atoms with E-state index in [1.165, 1.54) is 32.1 Å². The number of piperidine rings is 1.